The van der Waals surface area contributed by atoms with Crippen LogP contribution in [-0.2, 0) is 16.0 Å². The zero-order valence-electron chi connectivity index (χ0n) is 15.1. The molecule has 0 saturated heterocycles. The fraction of sp³-hybridized carbons (Fsp3) is 0.273. The molecule has 3 rings (SSSR count). The number of fused-ring (bicyclic) bond motifs is 1. The van der Waals surface area contributed by atoms with Crippen LogP contribution in [0.2, 0.25) is 0 Å². The van der Waals surface area contributed by atoms with E-state index < -0.39 is 11.9 Å². The van der Waals surface area contributed by atoms with Crippen molar-refractivity contribution in [2.24, 2.45) is 5.92 Å². The maximum absolute atomic E-state index is 12.5. The normalized spacial score (nSPS) is 16.2. The molecule has 0 radical (unpaired) electrons. The van der Waals surface area contributed by atoms with Crippen LogP contribution in [0.15, 0.2) is 54.6 Å². The number of hydrogen-bond donors (Lipinski definition) is 0. The number of rotatable bonds is 6. The van der Waals surface area contributed by atoms with E-state index in [0.29, 0.717) is 12.2 Å². The van der Waals surface area contributed by atoms with Crippen LogP contribution in [0.5, 0.6) is 5.75 Å². The van der Waals surface area contributed by atoms with Gasteiger partial charge in [0, 0.05) is 24.8 Å². The highest BCUT2D eigenvalue weighted by Crippen LogP contribution is 2.32. The second-order valence-electron chi connectivity index (χ2n) is 6.29. The number of carbonyl (C=O) groups is 2. The number of carbonyl (C=O) groups excluding carboxylic acids is 2. The molecule has 1 unspecified atom stereocenters. The van der Waals surface area contributed by atoms with Gasteiger partial charge in [-0.05, 0) is 43.5 Å². The van der Waals surface area contributed by atoms with Crippen molar-refractivity contribution < 1.29 is 14.3 Å². The minimum Gasteiger partial charge on any atom is -0.426 e. The van der Waals surface area contributed by atoms with E-state index >= 15 is 0 Å². The molecule has 0 spiro atoms. The third-order valence-electron chi connectivity index (χ3n) is 4.68. The molecule has 2 aromatic carbocycles. The van der Waals surface area contributed by atoms with Gasteiger partial charge in [-0.15, -0.1) is 0 Å². The fourth-order valence-corrected chi connectivity index (χ4v) is 3.15. The van der Waals surface area contributed by atoms with Gasteiger partial charge in [-0.3, -0.25) is 9.59 Å². The standard InChI is InChI=1S/C22H23NO3/c1-3-23(4-2)18-12-11-17-14-19(22(25)26-21(17)15-18)20(24)13-10-16-8-6-5-7-9-16/h5-13,15,19H,3-4,14H2,1-2H3. The fourth-order valence-electron chi connectivity index (χ4n) is 3.15. The number of anilines is 1. The summed E-state index contributed by atoms with van der Waals surface area (Å²) in [7, 11) is 0. The number of hydrogen-bond acceptors (Lipinski definition) is 4. The highest BCUT2D eigenvalue weighted by Gasteiger charge is 2.33. The molecule has 0 saturated carbocycles. The van der Waals surface area contributed by atoms with Gasteiger partial charge in [0.05, 0.1) is 0 Å². The summed E-state index contributed by atoms with van der Waals surface area (Å²) >= 11 is 0. The van der Waals surface area contributed by atoms with Gasteiger partial charge in [0.2, 0.25) is 0 Å². The third-order valence-corrected chi connectivity index (χ3v) is 4.68. The van der Waals surface area contributed by atoms with E-state index in [2.05, 4.69) is 18.7 Å². The number of esters is 1. The molecule has 0 aromatic heterocycles. The molecule has 0 aliphatic carbocycles. The molecule has 1 aliphatic heterocycles. The number of ketones is 1. The Hall–Kier alpha value is -2.88. The monoisotopic (exact) mass is 349 g/mol. The Morgan fingerprint density at radius 2 is 1.88 bits per heavy atom. The molecule has 1 heterocycles. The van der Waals surface area contributed by atoms with Gasteiger partial charge in [0.1, 0.15) is 11.7 Å². The van der Waals surface area contributed by atoms with Crippen LogP contribution in [0.4, 0.5) is 5.69 Å². The summed E-state index contributed by atoms with van der Waals surface area (Å²) in [4.78, 5) is 27.0. The highest BCUT2D eigenvalue weighted by atomic mass is 16.5. The van der Waals surface area contributed by atoms with Crippen LogP contribution in [0, 0.1) is 5.92 Å². The van der Waals surface area contributed by atoms with E-state index in [-0.39, 0.29) is 5.78 Å². The number of allylic oxidation sites excluding steroid dienone is 1. The average molecular weight is 349 g/mol. The molecule has 26 heavy (non-hydrogen) atoms. The van der Waals surface area contributed by atoms with Crippen molar-refractivity contribution in [3.8, 4) is 5.75 Å². The van der Waals surface area contributed by atoms with Crippen LogP contribution in [0.25, 0.3) is 6.08 Å². The molecule has 4 nitrogen and oxygen atoms in total. The average Bonchev–Trinajstić information content (AvgIpc) is 2.67. The molecule has 4 heteroatoms. The molecule has 0 fully saturated rings. The molecule has 0 bridgehead atoms. The Balaban J connectivity index is 1.76. The first kappa shape index (κ1) is 17.9. The van der Waals surface area contributed by atoms with Crippen LogP contribution in [0.1, 0.15) is 25.0 Å². The zero-order chi connectivity index (χ0) is 18.5. The number of nitrogens with zero attached hydrogens (tertiary/aromatic N) is 1. The van der Waals surface area contributed by atoms with E-state index in [1.165, 1.54) is 6.08 Å². The Morgan fingerprint density at radius 1 is 1.15 bits per heavy atom. The quantitative estimate of drug-likeness (QED) is 0.343. The SMILES string of the molecule is CCN(CC)c1ccc2c(c1)OC(=O)C(C(=O)C=Cc1ccccc1)C2. The zero-order valence-corrected chi connectivity index (χ0v) is 15.1. The minimum absolute atomic E-state index is 0.225. The lowest BCUT2D eigenvalue weighted by Crippen LogP contribution is -2.33. The van der Waals surface area contributed by atoms with Crippen LogP contribution in [-0.4, -0.2) is 24.8 Å². The van der Waals surface area contributed by atoms with E-state index in [1.807, 2.05) is 48.5 Å². The number of ether oxygens (including phenoxy) is 1. The molecular weight excluding hydrogens is 326 g/mol. The summed E-state index contributed by atoms with van der Waals surface area (Å²) in [5.41, 5.74) is 2.84. The summed E-state index contributed by atoms with van der Waals surface area (Å²) in [5, 5.41) is 0. The van der Waals surface area contributed by atoms with Crippen LogP contribution >= 0.6 is 0 Å². The van der Waals surface area contributed by atoms with Crippen molar-refractivity contribution in [3.63, 3.8) is 0 Å². The topological polar surface area (TPSA) is 46.6 Å². The lowest BCUT2D eigenvalue weighted by Gasteiger charge is -2.26. The maximum Gasteiger partial charge on any atom is 0.322 e. The first-order valence-corrected chi connectivity index (χ1v) is 8.99. The summed E-state index contributed by atoms with van der Waals surface area (Å²) in [5.74, 6) is -0.911. The van der Waals surface area contributed by atoms with Crippen molar-refractivity contribution in [2.75, 3.05) is 18.0 Å². The largest absolute Gasteiger partial charge is 0.426 e. The van der Waals surface area contributed by atoms with Gasteiger partial charge in [-0.1, -0.05) is 42.5 Å². The predicted molar refractivity (Wildman–Crippen MR) is 103 cm³/mol. The maximum atomic E-state index is 12.5. The number of benzene rings is 2. The van der Waals surface area contributed by atoms with E-state index in [0.717, 1.165) is 29.9 Å². The molecular formula is C22H23NO3. The highest BCUT2D eigenvalue weighted by molar-refractivity contribution is 6.08. The lowest BCUT2D eigenvalue weighted by atomic mass is 9.91. The van der Waals surface area contributed by atoms with Crippen molar-refractivity contribution >= 4 is 23.5 Å². The molecule has 0 amide bonds. The molecule has 134 valence electrons. The van der Waals surface area contributed by atoms with Gasteiger partial charge < -0.3 is 9.64 Å². The predicted octanol–water partition coefficient (Wildman–Crippen LogP) is 3.89. The first-order valence-electron chi connectivity index (χ1n) is 8.99. The lowest BCUT2D eigenvalue weighted by molar-refractivity contribution is -0.143. The van der Waals surface area contributed by atoms with Crippen LogP contribution in [0.3, 0.4) is 0 Å². The van der Waals surface area contributed by atoms with Gasteiger partial charge >= 0.3 is 5.97 Å². The van der Waals surface area contributed by atoms with Crippen molar-refractivity contribution in [2.45, 2.75) is 20.3 Å². The van der Waals surface area contributed by atoms with Gasteiger partial charge in [-0.25, -0.2) is 0 Å². The van der Waals surface area contributed by atoms with Crippen molar-refractivity contribution in [1.29, 1.82) is 0 Å². The second-order valence-corrected chi connectivity index (χ2v) is 6.29. The van der Waals surface area contributed by atoms with E-state index in [9.17, 15) is 9.59 Å². The Morgan fingerprint density at radius 3 is 2.58 bits per heavy atom. The summed E-state index contributed by atoms with van der Waals surface area (Å²) < 4.78 is 5.48. The summed E-state index contributed by atoms with van der Waals surface area (Å²) in [6.07, 6.45) is 3.58. The van der Waals surface area contributed by atoms with Gasteiger partial charge in [0.25, 0.3) is 0 Å². The molecule has 1 aliphatic rings. The van der Waals surface area contributed by atoms with Crippen LogP contribution < -0.4 is 9.64 Å². The molecule has 0 N–H and O–H groups in total. The summed E-state index contributed by atoms with van der Waals surface area (Å²) in [6, 6.07) is 15.4. The first-order chi connectivity index (χ1) is 12.6. The van der Waals surface area contributed by atoms with Gasteiger partial charge in [0.15, 0.2) is 5.78 Å². The van der Waals surface area contributed by atoms with Crippen molar-refractivity contribution in [1.82, 2.24) is 0 Å². The van der Waals surface area contributed by atoms with E-state index in [4.69, 9.17) is 4.74 Å². The van der Waals surface area contributed by atoms with Gasteiger partial charge in [-0.2, -0.15) is 0 Å². The Kier molecular flexibility index (Phi) is 5.52. The third kappa shape index (κ3) is 3.85. The molecule has 2 aromatic rings. The Labute approximate surface area is 154 Å². The minimum atomic E-state index is -0.776. The van der Waals surface area contributed by atoms with E-state index in [1.54, 1.807) is 6.08 Å². The Bertz CT molecular complexity index is 823. The second kappa shape index (κ2) is 8.00. The smallest absolute Gasteiger partial charge is 0.322 e. The molecule has 1 atom stereocenters. The summed E-state index contributed by atoms with van der Waals surface area (Å²) in [6.45, 7) is 5.94. The van der Waals surface area contributed by atoms with Crippen molar-refractivity contribution in [3.05, 3.63) is 65.7 Å².